The topological polar surface area (TPSA) is 46.3 Å². The van der Waals surface area contributed by atoms with Crippen LogP contribution in [0.3, 0.4) is 0 Å². The Morgan fingerprint density at radius 3 is 2.80 bits per heavy atom. The molecule has 15 heavy (non-hydrogen) atoms. The van der Waals surface area contributed by atoms with Crippen molar-refractivity contribution in [2.45, 2.75) is 24.8 Å². The number of amides is 1. The number of carbonyl (C=O) groups excluding carboxylic acids is 1. The molecule has 2 N–H and O–H groups in total. The van der Waals surface area contributed by atoms with Crippen molar-refractivity contribution < 1.29 is 4.79 Å². The van der Waals surface area contributed by atoms with E-state index in [1.807, 2.05) is 13.1 Å². The van der Waals surface area contributed by atoms with Gasteiger partial charge in [-0.3, -0.25) is 4.79 Å². The summed E-state index contributed by atoms with van der Waals surface area (Å²) in [6, 6.07) is 6.19. The molecule has 1 heterocycles. The van der Waals surface area contributed by atoms with Crippen molar-refractivity contribution in [1.82, 2.24) is 0 Å². The molecule has 0 radical (unpaired) electrons. The molecular formula is C12H14N2O. The number of nitrogens with two attached hydrogens (primary N) is 1. The highest BCUT2D eigenvalue weighted by Gasteiger charge is 2.40. The number of carbonyl (C=O) groups is 1. The molecule has 0 bridgehead atoms. The van der Waals surface area contributed by atoms with E-state index in [1.165, 1.54) is 5.56 Å². The van der Waals surface area contributed by atoms with Crippen LogP contribution in [0.4, 0.5) is 5.69 Å². The minimum atomic E-state index is -0.110. The van der Waals surface area contributed by atoms with Crippen molar-refractivity contribution in [2.24, 2.45) is 5.73 Å². The van der Waals surface area contributed by atoms with E-state index in [-0.39, 0.29) is 11.4 Å². The van der Waals surface area contributed by atoms with Gasteiger partial charge in [-0.1, -0.05) is 12.1 Å². The van der Waals surface area contributed by atoms with Crippen molar-refractivity contribution in [1.29, 1.82) is 0 Å². The van der Waals surface area contributed by atoms with E-state index < -0.39 is 0 Å². The summed E-state index contributed by atoms with van der Waals surface area (Å²) in [5.41, 5.74) is 9.36. The van der Waals surface area contributed by atoms with E-state index in [2.05, 4.69) is 12.1 Å². The third-order valence-corrected chi connectivity index (χ3v) is 3.53. The summed E-state index contributed by atoms with van der Waals surface area (Å²) >= 11 is 0. The van der Waals surface area contributed by atoms with E-state index in [0.717, 1.165) is 24.1 Å². The first-order valence-electron chi connectivity index (χ1n) is 5.29. The zero-order chi connectivity index (χ0) is 10.6. The van der Waals surface area contributed by atoms with Crippen molar-refractivity contribution in [3.05, 3.63) is 29.3 Å². The van der Waals surface area contributed by atoms with Gasteiger partial charge in [0, 0.05) is 18.3 Å². The maximum Gasteiger partial charge on any atom is 0.231 e. The quantitative estimate of drug-likeness (QED) is 0.742. The first-order chi connectivity index (χ1) is 7.10. The molecule has 3 rings (SSSR count). The van der Waals surface area contributed by atoms with Gasteiger partial charge in [0.2, 0.25) is 5.91 Å². The summed E-state index contributed by atoms with van der Waals surface area (Å²) in [7, 11) is 1.83. The Hall–Kier alpha value is -1.35. The van der Waals surface area contributed by atoms with Crippen LogP contribution < -0.4 is 10.6 Å². The molecule has 0 spiro atoms. The van der Waals surface area contributed by atoms with Gasteiger partial charge in [0.05, 0.1) is 6.42 Å². The van der Waals surface area contributed by atoms with E-state index in [9.17, 15) is 4.79 Å². The second kappa shape index (κ2) is 2.61. The molecule has 3 heteroatoms. The minimum Gasteiger partial charge on any atom is -0.321 e. The Kier molecular flexibility index (Phi) is 1.55. The third-order valence-electron chi connectivity index (χ3n) is 3.53. The van der Waals surface area contributed by atoms with Gasteiger partial charge >= 0.3 is 0 Å². The summed E-state index contributed by atoms with van der Waals surface area (Å²) in [6.45, 7) is 0. The van der Waals surface area contributed by atoms with E-state index in [4.69, 9.17) is 5.73 Å². The van der Waals surface area contributed by atoms with Gasteiger partial charge in [-0.25, -0.2) is 0 Å². The number of fused-ring (bicyclic) bond motifs is 1. The van der Waals surface area contributed by atoms with Crippen LogP contribution in [0.15, 0.2) is 18.2 Å². The Morgan fingerprint density at radius 2 is 2.13 bits per heavy atom. The van der Waals surface area contributed by atoms with Crippen LogP contribution in [-0.2, 0) is 16.8 Å². The largest absolute Gasteiger partial charge is 0.321 e. The Balaban J connectivity index is 2.07. The molecule has 2 aliphatic rings. The van der Waals surface area contributed by atoms with Crippen LogP contribution in [0.5, 0.6) is 0 Å². The van der Waals surface area contributed by atoms with Gasteiger partial charge in [-0.15, -0.1) is 0 Å². The summed E-state index contributed by atoms with van der Waals surface area (Å²) < 4.78 is 0. The fraction of sp³-hybridized carbons (Fsp3) is 0.417. The Bertz CT molecular complexity index is 449. The fourth-order valence-electron chi connectivity index (χ4n) is 2.17. The third kappa shape index (κ3) is 1.20. The molecule has 1 aromatic carbocycles. The van der Waals surface area contributed by atoms with Gasteiger partial charge in [0.15, 0.2) is 0 Å². The average Bonchev–Trinajstić information content (AvgIpc) is 2.90. The molecule has 3 nitrogen and oxygen atoms in total. The smallest absolute Gasteiger partial charge is 0.231 e. The number of benzene rings is 1. The van der Waals surface area contributed by atoms with Crippen LogP contribution in [0.25, 0.3) is 0 Å². The maximum atomic E-state index is 11.5. The lowest BCUT2D eigenvalue weighted by Crippen LogP contribution is -2.22. The number of likely N-dealkylation sites (N-methyl/N-ethyl adjacent to an activating group) is 1. The lowest BCUT2D eigenvalue weighted by atomic mass is 10.0. The number of hydrogen-bond acceptors (Lipinski definition) is 2. The summed E-state index contributed by atoms with van der Waals surface area (Å²) in [5.74, 6) is 0.170. The maximum absolute atomic E-state index is 11.5. The lowest BCUT2D eigenvalue weighted by molar-refractivity contribution is -0.117. The molecule has 0 unspecified atom stereocenters. The van der Waals surface area contributed by atoms with E-state index in [1.54, 1.807) is 4.90 Å². The predicted octanol–water partition coefficient (Wildman–Crippen LogP) is 1.15. The highest BCUT2D eigenvalue weighted by atomic mass is 16.2. The molecule has 1 fully saturated rings. The molecule has 78 valence electrons. The molecule has 0 saturated heterocycles. The number of nitrogens with zero attached hydrogens (tertiary/aromatic N) is 1. The first-order valence-corrected chi connectivity index (χ1v) is 5.29. The van der Waals surface area contributed by atoms with Crippen LogP contribution in [0.2, 0.25) is 0 Å². The van der Waals surface area contributed by atoms with Gasteiger partial charge < -0.3 is 10.6 Å². The SMILES string of the molecule is CN1C(=O)Cc2ccc(C3(N)CC3)cc21. The number of anilines is 1. The molecule has 0 atom stereocenters. The molecule has 1 aliphatic carbocycles. The minimum absolute atomic E-state index is 0.110. The predicted molar refractivity (Wildman–Crippen MR) is 58.7 cm³/mol. The van der Waals surface area contributed by atoms with Gasteiger partial charge in [0.1, 0.15) is 0 Å². The molecule has 1 amide bonds. The van der Waals surface area contributed by atoms with E-state index >= 15 is 0 Å². The molecule has 1 aromatic rings. The second-order valence-corrected chi connectivity index (χ2v) is 4.63. The summed E-state index contributed by atoms with van der Waals surface area (Å²) in [6.07, 6.45) is 2.65. The van der Waals surface area contributed by atoms with Crippen molar-refractivity contribution in [3.63, 3.8) is 0 Å². The Labute approximate surface area is 88.9 Å². The van der Waals surface area contributed by atoms with Crippen molar-refractivity contribution >= 4 is 11.6 Å². The highest BCUT2D eigenvalue weighted by Crippen LogP contribution is 2.44. The number of rotatable bonds is 1. The van der Waals surface area contributed by atoms with Crippen molar-refractivity contribution in [2.75, 3.05) is 11.9 Å². The zero-order valence-electron chi connectivity index (χ0n) is 8.79. The normalized spacial score (nSPS) is 21.7. The van der Waals surface area contributed by atoms with Crippen LogP contribution in [0, 0.1) is 0 Å². The lowest BCUT2D eigenvalue weighted by Gasteiger charge is -2.14. The molecule has 0 aromatic heterocycles. The van der Waals surface area contributed by atoms with Gasteiger partial charge in [0.25, 0.3) is 0 Å². The Morgan fingerprint density at radius 1 is 1.40 bits per heavy atom. The van der Waals surface area contributed by atoms with Crippen LogP contribution in [-0.4, -0.2) is 13.0 Å². The van der Waals surface area contributed by atoms with Crippen LogP contribution in [0.1, 0.15) is 24.0 Å². The van der Waals surface area contributed by atoms with E-state index in [0.29, 0.717) is 6.42 Å². The molecule has 1 saturated carbocycles. The molecular weight excluding hydrogens is 188 g/mol. The van der Waals surface area contributed by atoms with Crippen molar-refractivity contribution in [3.8, 4) is 0 Å². The highest BCUT2D eigenvalue weighted by molar-refractivity contribution is 6.01. The van der Waals surface area contributed by atoms with Gasteiger partial charge in [-0.2, -0.15) is 0 Å². The monoisotopic (exact) mass is 202 g/mol. The standard InChI is InChI=1S/C12H14N2O/c1-14-10-7-9(12(13)4-5-12)3-2-8(10)6-11(14)15/h2-3,7H,4-6,13H2,1H3. The average molecular weight is 202 g/mol. The second-order valence-electron chi connectivity index (χ2n) is 4.63. The number of hydrogen-bond donors (Lipinski definition) is 1. The van der Waals surface area contributed by atoms with Crippen LogP contribution >= 0.6 is 0 Å². The van der Waals surface area contributed by atoms with Gasteiger partial charge in [-0.05, 0) is 30.0 Å². The summed E-state index contributed by atoms with van der Waals surface area (Å²) in [5, 5.41) is 0. The summed E-state index contributed by atoms with van der Waals surface area (Å²) in [4.78, 5) is 13.2. The molecule has 1 aliphatic heterocycles. The first kappa shape index (κ1) is 8.92. The zero-order valence-corrected chi connectivity index (χ0v) is 8.79. The fourth-order valence-corrected chi connectivity index (χ4v) is 2.17.